The van der Waals surface area contributed by atoms with E-state index in [1.807, 2.05) is 6.92 Å². The minimum absolute atomic E-state index is 0.273. The third-order valence-corrected chi connectivity index (χ3v) is 4.12. The van der Waals surface area contributed by atoms with Crippen LogP contribution in [0.5, 0.6) is 0 Å². The topological polar surface area (TPSA) is 81.4 Å². The number of sulfonamides is 1. The Morgan fingerprint density at radius 3 is 2.67 bits per heavy atom. The Morgan fingerprint density at radius 1 is 1.39 bits per heavy atom. The van der Waals surface area contributed by atoms with Gasteiger partial charge in [0.1, 0.15) is 0 Å². The fourth-order valence-electron chi connectivity index (χ4n) is 1.57. The lowest BCUT2D eigenvalue weighted by Crippen LogP contribution is -2.25. The molecule has 0 aliphatic rings. The molecule has 102 valence electrons. The van der Waals surface area contributed by atoms with E-state index in [4.69, 9.17) is 10.5 Å². The third-order valence-electron chi connectivity index (χ3n) is 2.66. The minimum Gasteiger partial charge on any atom is -0.385 e. The van der Waals surface area contributed by atoms with Crippen LogP contribution in [-0.2, 0) is 21.3 Å². The Labute approximate surface area is 108 Å². The van der Waals surface area contributed by atoms with Gasteiger partial charge in [-0.3, -0.25) is 0 Å². The van der Waals surface area contributed by atoms with Gasteiger partial charge < -0.3 is 10.5 Å². The number of nitrogens with one attached hydrogen (secondary N) is 1. The highest BCUT2D eigenvalue weighted by Crippen LogP contribution is 2.14. The average molecular weight is 272 g/mol. The van der Waals surface area contributed by atoms with Crippen molar-refractivity contribution in [2.45, 2.75) is 24.8 Å². The third kappa shape index (κ3) is 4.06. The SMILES string of the molecule is COCCCNS(=O)(=O)c1ccc(CN)c(C)c1. The minimum atomic E-state index is -3.43. The van der Waals surface area contributed by atoms with E-state index in [9.17, 15) is 8.42 Å². The summed E-state index contributed by atoms with van der Waals surface area (Å²) >= 11 is 0. The van der Waals surface area contributed by atoms with Crippen molar-refractivity contribution in [2.75, 3.05) is 20.3 Å². The van der Waals surface area contributed by atoms with Crippen LogP contribution in [0.2, 0.25) is 0 Å². The van der Waals surface area contributed by atoms with E-state index in [0.717, 1.165) is 11.1 Å². The molecule has 1 rings (SSSR count). The van der Waals surface area contributed by atoms with E-state index in [1.54, 1.807) is 25.3 Å². The number of hydrogen-bond donors (Lipinski definition) is 2. The van der Waals surface area contributed by atoms with Crippen LogP contribution in [0.15, 0.2) is 23.1 Å². The Balaban J connectivity index is 2.76. The van der Waals surface area contributed by atoms with Crippen molar-refractivity contribution in [3.8, 4) is 0 Å². The standard InChI is InChI=1S/C12H20N2O3S/c1-10-8-12(5-4-11(10)9-13)18(15,16)14-6-3-7-17-2/h4-5,8,14H,3,6-7,9,13H2,1-2H3. The second-order valence-corrected chi connectivity index (χ2v) is 5.80. The number of benzene rings is 1. The summed E-state index contributed by atoms with van der Waals surface area (Å²) in [5.74, 6) is 0. The van der Waals surface area contributed by atoms with Crippen molar-refractivity contribution in [1.29, 1.82) is 0 Å². The van der Waals surface area contributed by atoms with Crippen molar-refractivity contribution < 1.29 is 13.2 Å². The molecule has 0 heterocycles. The van der Waals surface area contributed by atoms with Crippen molar-refractivity contribution in [1.82, 2.24) is 4.72 Å². The van der Waals surface area contributed by atoms with Crippen LogP contribution in [-0.4, -0.2) is 28.7 Å². The first-order valence-corrected chi connectivity index (χ1v) is 7.28. The summed E-state index contributed by atoms with van der Waals surface area (Å²) in [5, 5.41) is 0. The predicted molar refractivity (Wildman–Crippen MR) is 70.8 cm³/mol. The van der Waals surface area contributed by atoms with E-state index >= 15 is 0 Å². The molecule has 0 unspecified atom stereocenters. The fraction of sp³-hybridized carbons (Fsp3) is 0.500. The number of nitrogens with two attached hydrogens (primary N) is 1. The summed E-state index contributed by atoms with van der Waals surface area (Å²) in [4.78, 5) is 0.273. The zero-order valence-electron chi connectivity index (χ0n) is 10.8. The molecule has 0 aliphatic carbocycles. The van der Waals surface area contributed by atoms with Gasteiger partial charge in [-0.15, -0.1) is 0 Å². The number of rotatable bonds is 7. The molecule has 6 heteroatoms. The number of hydrogen-bond acceptors (Lipinski definition) is 4. The molecule has 0 saturated heterocycles. The van der Waals surface area contributed by atoms with Crippen molar-refractivity contribution in [3.63, 3.8) is 0 Å². The van der Waals surface area contributed by atoms with E-state index < -0.39 is 10.0 Å². The summed E-state index contributed by atoms with van der Waals surface area (Å²) in [6.45, 7) is 3.17. The Hall–Kier alpha value is -0.950. The van der Waals surface area contributed by atoms with E-state index in [1.165, 1.54) is 0 Å². The fourth-order valence-corrected chi connectivity index (χ4v) is 2.73. The quantitative estimate of drug-likeness (QED) is 0.718. The van der Waals surface area contributed by atoms with Gasteiger partial charge in [0.05, 0.1) is 4.90 Å². The van der Waals surface area contributed by atoms with Crippen molar-refractivity contribution in [3.05, 3.63) is 29.3 Å². The van der Waals surface area contributed by atoms with Crippen molar-refractivity contribution in [2.24, 2.45) is 5.73 Å². The highest BCUT2D eigenvalue weighted by atomic mass is 32.2. The van der Waals surface area contributed by atoms with Gasteiger partial charge in [0.2, 0.25) is 10.0 Å². The van der Waals surface area contributed by atoms with Gasteiger partial charge in [-0.05, 0) is 36.6 Å². The van der Waals surface area contributed by atoms with Gasteiger partial charge >= 0.3 is 0 Å². The molecule has 3 N–H and O–H groups in total. The molecule has 0 aromatic heterocycles. The van der Waals surface area contributed by atoms with Crippen LogP contribution in [0.4, 0.5) is 0 Å². The zero-order chi connectivity index (χ0) is 13.6. The maximum absolute atomic E-state index is 12.0. The second kappa shape index (κ2) is 6.84. The Bertz CT molecular complexity index is 486. The van der Waals surface area contributed by atoms with Gasteiger partial charge in [-0.25, -0.2) is 13.1 Å². The van der Waals surface area contributed by atoms with Gasteiger partial charge in [-0.2, -0.15) is 0 Å². The summed E-state index contributed by atoms with van der Waals surface area (Å²) in [6.07, 6.45) is 0.648. The average Bonchev–Trinajstić information content (AvgIpc) is 2.34. The first-order valence-electron chi connectivity index (χ1n) is 5.79. The first kappa shape index (κ1) is 15.1. The lowest BCUT2D eigenvalue weighted by atomic mass is 10.1. The van der Waals surface area contributed by atoms with E-state index in [-0.39, 0.29) is 4.90 Å². The molecule has 1 aromatic rings. The van der Waals surface area contributed by atoms with E-state index in [2.05, 4.69) is 4.72 Å². The number of aryl methyl sites for hydroxylation is 1. The molecule has 0 amide bonds. The van der Waals surface area contributed by atoms with Crippen LogP contribution in [0.3, 0.4) is 0 Å². The van der Waals surface area contributed by atoms with Crippen molar-refractivity contribution >= 4 is 10.0 Å². The molecule has 0 bridgehead atoms. The monoisotopic (exact) mass is 272 g/mol. The largest absolute Gasteiger partial charge is 0.385 e. The smallest absolute Gasteiger partial charge is 0.240 e. The first-order chi connectivity index (χ1) is 8.51. The van der Waals surface area contributed by atoms with Crippen LogP contribution >= 0.6 is 0 Å². The predicted octanol–water partition coefficient (Wildman–Crippen LogP) is 0.769. The number of ether oxygens (including phenoxy) is 1. The van der Waals surface area contributed by atoms with Gasteiger partial charge in [-0.1, -0.05) is 6.07 Å². The lowest BCUT2D eigenvalue weighted by Gasteiger charge is -2.09. The second-order valence-electron chi connectivity index (χ2n) is 4.04. The molecule has 0 fully saturated rings. The van der Waals surface area contributed by atoms with Crippen LogP contribution in [0, 0.1) is 6.92 Å². The summed E-state index contributed by atoms with van der Waals surface area (Å²) in [5.41, 5.74) is 7.38. The Kier molecular flexibility index (Phi) is 5.74. The normalized spacial score (nSPS) is 11.7. The lowest BCUT2D eigenvalue weighted by molar-refractivity contribution is 0.196. The molecule has 18 heavy (non-hydrogen) atoms. The molecule has 0 spiro atoms. The van der Waals surface area contributed by atoms with Gasteiger partial charge in [0.15, 0.2) is 0 Å². The maximum atomic E-state index is 12.0. The van der Waals surface area contributed by atoms with Gasteiger partial charge in [0, 0.05) is 26.8 Å². The van der Waals surface area contributed by atoms with Crippen LogP contribution < -0.4 is 10.5 Å². The summed E-state index contributed by atoms with van der Waals surface area (Å²) in [7, 11) is -1.85. The molecule has 0 saturated carbocycles. The molecule has 0 radical (unpaired) electrons. The van der Waals surface area contributed by atoms with Crippen LogP contribution in [0.25, 0.3) is 0 Å². The highest BCUT2D eigenvalue weighted by Gasteiger charge is 2.13. The molecule has 5 nitrogen and oxygen atoms in total. The molecule has 0 atom stereocenters. The highest BCUT2D eigenvalue weighted by molar-refractivity contribution is 7.89. The molecule has 0 aliphatic heterocycles. The molecular formula is C12H20N2O3S. The summed E-state index contributed by atoms with van der Waals surface area (Å²) in [6, 6.07) is 4.97. The maximum Gasteiger partial charge on any atom is 0.240 e. The van der Waals surface area contributed by atoms with Gasteiger partial charge in [0.25, 0.3) is 0 Å². The zero-order valence-corrected chi connectivity index (χ0v) is 11.6. The number of methoxy groups -OCH3 is 1. The van der Waals surface area contributed by atoms with E-state index in [0.29, 0.717) is 26.1 Å². The van der Waals surface area contributed by atoms with Crippen LogP contribution in [0.1, 0.15) is 17.5 Å². The summed E-state index contributed by atoms with van der Waals surface area (Å²) < 4.78 is 31.3. The Morgan fingerprint density at radius 2 is 2.11 bits per heavy atom. The molecule has 1 aromatic carbocycles. The molecular weight excluding hydrogens is 252 g/mol.